The number of anilines is 4. The van der Waals surface area contributed by atoms with E-state index in [1.54, 1.807) is 6.07 Å². The number of hydrogen-bond acceptors (Lipinski definition) is 18. The van der Waals surface area contributed by atoms with Crippen LogP contribution in [0.1, 0.15) is 174 Å². The molecular formula is C62H84N16O11. The predicted octanol–water partition coefficient (Wildman–Crippen LogP) is 10.6. The highest BCUT2D eigenvalue weighted by Crippen LogP contribution is 2.35. The van der Waals surface area contributed by atoms with Gasteiger partial charge >= 0.3 is 12.2 Å². The fourth-order valence-corrected chi connectivity index (χ4v) is 10.3. The van der Waals surface area contributed by atoms with Crippen molar-refractivity contribution in [2.75, 3.05) is 74.5 Å². The second-order valence-corrected chi connectivity index (χ2v) is 25.0. The van der Waals surface area contributed by atoms with Gasteiger partial charge in [-0.1, -0.05) is 34.5 Å². The number of pyridine rings is 4. The number of nitrogens with two attached hydrogens (primary N) is 1. The van der Waals surface area contributed by atoms with Crippen LogP contribution in [0, 0.1) is 17.8 Å². The molecule has 4 saturated heterocycles. The second-order valence-electron chi connectivity index (χ2n) is 25.0. The molecule has 0 aromatic carbocycles. The van der Waals surface area contributed by atoms with Gasteiger partial charge < -0.3 is 60.7 Å². The summed E-state index contributed by atoms with van der Waals surface area (Å²) in [7, 11) is 0. The Balaban J connectivity index is 0.000000154. The molecule has 5 amide bonds. The van der Waals surface area contributed by atoms with Crippen LogP contribution >= 0.6 is 0 Å². The van der Waals surface area contributed by atoms with Crippen LogP contribution in [0.2, 0.25) is 0 Å². The molecule has 0 radical (unpaired) electrons. The normalized spacial score (nSPS) is 20.0. The van der Waals surface area contributed by atoms with E-state index in [0.29, 0.717) is 62.2 Å². The third kappa shape index (κ3) is 21.8. The van der Waals surface area contributed by atoms with E-state index in [1.807, 2.05) is 84.0 Å². The summed E-state index contributed by atoms with van der Waals surface area (Å²) in [5.74, 6) is 3.60. The SMILES string of the molecule is CC(C)(C)OC(=O)NCc1nc(N)ccc1C1CCOC1.CC(C)(C)OC(=O)NCc1nc(NC(=O)C2CC2)ccc1C1CCOC1.[N-]=[N+]=NCc1nc(NC(=O)C2CC2)ccc1C1CCOC1.[N-]=[N+]=NCc1nc(NC(=O)C2CC2)ccc1C1CCOC1. The lowest BCUT2D eigenvalue weighted by molar-refractivity contribution is -0.118. The molecule has 7 N–H and O–H groups in total. The van der Waals surface area contributed by atoms with Gasteiger partial charge in [0.25, 0.3) is 0 Å². The van der Waals surface area contributed by atoms with Crippen molar-refractivity contribution in [1.82, 2.24) is 30.6 Å². The van der Waals surface area contributed by atoms with E-state index in [9.17, 15) is 24.0 Å². The fourth-order valence-electron chi connectivity index (χ4n) is 10.3. The first-order valence-corrected chi connectivity index (χ1v) is 30.7. The standard InChI is InChI=1S/C19H27N3O4.C15H23N3O3.2C14H17N5O2/c1-19(2,3)26-18(24)20-10-15-14(13-8-9-25-11-13)6-7-16(21-15)22-17(23)12-4-5-12;1-15(2,3)21-14(19)17-8-12-11(4-5-13(16)18-12)10-6-7-20-9-10;2*15-19-16-7-12-11(10-5-6-21-8-10)3-4-13(17-12)18-14(20)9-1-2-9/h6-7,12-13H,4-5,8-11H2,1-3H3,(H,20,24)(H,21,22,23);4-5,10H,6-9H2,1-3H3,(H2,16,18)(H,17,19);2*3-4,9-10H,1-2,5-8H2,(H,17,18,20). The van der Waals surface area contributed by atoms with E-state index in [1.165, 1.54) is 0 Å². The summed E-state index contributed by atoms with van der Waals surface area (Å²) in [5, 5.41) is 21.2. The maximum absolute atomic E-state index is 12.0. The van der Waals surface area contributed by atoms with Gasteiger partial charge in [0.2, 0.25) is 17.7 Å². The largest absolute Gasteiger partial charge is 0.444 e. The van der Waals surface area contributed by atoms with E-state index in [0.717, 1.165) is 136 Å². The number of nitrogens with zero attached hydrogens (tertiary/aromatic N) is 10. The van der Waals surface area contributed by atoms with Crippen molar-refractivity contribution >= 4 is 53.2 Å². The van der Waals surface area contributed by atoms with Crippen molar-refractivity contribution in [3.63, 3.8) is 0 Å². The molecule has 27 heteroatoms. The summed E-state index contributed by atoms with van der Waals surface area (Å²) >= 11 is 0. The van der Waals surface area contributed by atoms with E-state index >= 15 is 0 Å². The minimum Gasteiger partial charge on any atom is -0.444 e. The Bertz CT molecular complexity index is 3090. The van der Waals surface area contributed by atoms with Gasteiger partial charge in [-0.05, 0) is 163 Å². The lowest BCUT2D eigenvalue weighted by Crippen LogP contribution is -2.32. The zero-order valence-electron chi connectivity index (χ0n) is 51.8. The van der Waals surface area contributed by atoms with Gasteiger partial charge in [-0.15, -0.1) is 0 Å². The van der Waals surface area contributed by atoms with Crippen molar-refractivity contribution in [3.05, 3.63) is 114 Å². The van der Waals surface area contributed by atoms with Crippen LogP contribution in [0.3, 0.4) is 0 Å². The first-order chi connectivity index (χ1) is 42.7. The van der Waals surface area contributed by atoms with Crippen molar-refractivity contribution < 1.29 is 52.4 Å². The number of nitrogens with one attached hydrogen (secondary N) is 5. The Kier molecular flexibility index (Phi) is 23.9. The monoisotopic (exact) mass is 1230 g/mol. The number of alkyl carbamates (subject to hydrolysis) is 2. The molecule has 11 rings (SSSR count). The van der Waals surface area contributed by atoms with Gasteiger partial charge in [0.15, 0.2) is 0 Å². The first-order valence-electron chi connectivity index (χ1n) is 30.7. The Morgan fingerprint density at radius 1 is 0.483 bits per heavy atom. The van der Waals surface area contributed by atoms with Gasteiger partial charge in [-0.2, -0.15) is 0 Å². The highest BCUT2D eigenvalue weighted by atomic mass is 16.6. The molecule has 8 heterocycles. The predicted molar refractivity (Wildman–Crippen MR) is 330 cm³/mol. The average Bonchev–Trinajstić information content (AvgIpc) is 4.47. The van der Waals surface area contributed by atoms with Crippen molar-refractivity contribution in [2.24, 2.45) is 28.0 Å². The maximum Gasteiger partial charge on any atom is 0.407 e. The molecule has 27 nitrogen and oxygen atoms in total. The number of rotatable bonds is 18. The molecule has 0 bridgehead atoms. The topological polar surface area (TPSA) is 376 Å². The average molecular weight is 1230 g/mol. The third-order valence-corrected chi connectivity index (χ3v) is 15.3. The first kappa shape index (κ1) is 66.8. The van der Waals surface area contributed by atoms with Gasteiger partial charge in [-0.25, -0.2) is 29.5 Å². The Hall–Kier alpha value is -8.19. The summed E-state index contributed by atoms with van der Waals surface area (Å²) in [6.45, 7) is 17.5. The number of amides is 5. The van der Waals surface area contributed by atoms with Crippen molar-refractivity contribution in [2.45, 2.75) is 167 Å². The summed E-state index contributed by atoms with van der Waals surface area (Å²) in [5.41, 5.74) is 28.9. The summed E-state index contributed by atoms with van der Waals surface area (Å²) in [6.07, 6.45) is 8.53. The number of carbonyl (C=O) groups is 5. The number of aromatic nitrogens is 4. The van der Waals surface area contributed by atoms with E-state index < -0.39 is 23.4 Å². The molecule has 4 unspecified atom stereocenters. The molecule has 7 fully saturated rings. The number of carbonyl (C=O) groups excluding carboxylic acids is 5. The summed E-state index contributed by atoms with van der Waals surface area (Å²) in [4.78, 5) is 82.7. The summed E-state index contributed by atoms with van der Waals surface area (Å²) < 4.78 is 32.2. The van der Waals surface area contributed by atoms with Crippen molar-refractivity contribution in [1.29, 1.82) is 0 Å². The molecule has 478 valence electrons. The minimum atomic E-state index is -0.556. The smallest absolute Gasteiger partial charge is 0.407 e. The molecule has 4 aliphatic heterocycles. The van der Waals surface area contributed by atoms with E-state index in [-0.39, 0.29) is 72.9 Å². The van der Waals surface area contributed by atoms with Gasteiger partial charge in [-0.3, -0.25) is 14.4 Å². The highest BCUT2D eigenvalue weighted by Gasteiger charge is 2.33. The lowest BCUT2D eigenvalue weighted by atomic mass is 9.96. The van der Waals surface area contributed by atoms with Gasteiger partial charge in [0, 0.05) is 77.7 Å². The molecule has 4 aromatic rings. The Morgan fingerprint density at radius 2 is 0.787 bits per heavy atom. The van der Waals surface area contributed by atoms with E-state index in [2.05, 4.69) is 66.6 Å². The number of hydrogen-bond donors (Lipinski definition) is 6. The Labute approximate surface area is 518 Å². The van der Waals surface area contributed by atoms with Gasteiger partial charge in [0.05, 0.1) is 75.4 Å². The van der Waals surface area contributed by atoms with Gasteiger partial charge in [0.1, 0.15) is 34.5 Å². The molecular weight excluding hydrogens is 1140 g/mol. The minimum absolute atomic E-state index is 0.0144. The Morgan fingerprint density at radius 3 is 1.08 bits per heavy atom. The number of ether oxygens (including phenoxy) is 6. The fraction of sp³-hybridized carbons (Fsp3) is 0.597. The molecule has 4 atom stereocenters. The summed E-state index contributed by atoms with van der Waals surface area (Å²) in [6, 6.07) is 15.1. The van der Waals surface area contributed by atoms with Crippen LogP contribution in [-0.2, 0) is 69.0 Å². The number of nitrogen functional groups attached to an aromatic ring is 1. The molecule has 0 spiro atoms. The molecule has 3 aliphatic carbocycles. The second kappa shape index (κ2) is 31.8. The van der Waals surface area contributed by atoms with Crippen LogP contribution in [0.5, 0.6) is 0 Å². The van der Waals surface area contributed by atoms with Crippen molar-refractivity contribution in [3.8, 4) is 0 Å². The van der Waals surface area contributed by atoms with Crippen LogP contribution in [-0.4, -0.2) is 114 Å². The zero-order valence-corrected chi connectivity index (χ0v) is 51.8. The molecule has 3 saturated carbocycles. The number of azide groups is 2. The highest BCUT2D eigenvalue weighted by molar-refractivity contribution is 5.94. The molecule has 89 heavy (non-hydrogen) atoms. The maximum atomic E-state index is 12.0. The zero-order chi connectivity index (χ0) is 63.5. The third-order valence-electron chi connectivity index (χ3n) is 15.3. The molecule has 4 aromatic heterocycles. The van der Waals surface area contributed by atoms with E-state index in [4.69, 9.17) is 45.2 Å². The lowest BCUT2D eigenvalue weighted by Gasteiger charge is -2.20. The van der Waals surface area contributed by atoms with Crippen LogP contribution in [0.4, 0.5) is 32.9 Å². The van der Waals surface area contributed by atoms with Crippen LogP contribution < -0.4 is 32.3 Å². The quantitative estimate of drug-likeness (QED) is 0.0306. The van der Waals surface area contributed by atoms with Crippen LogP contribution in [0.25, 0.3) is 20.9 Å². The molecule has 7 aliphatic rings. The van der Waals surface area contributed by atoms with Crippen LogP contribution in [0.15, 0.2) is 58.8 Å².